The van der Waals surface area contributed by atoms with E-state index >= 15 is 0 Å². The summed E-state index contributed by atoms with van der Waals surface area (Å²) in [4.78, 5) is 10.1. The fraction of sp³-hybridized carbons (Fsp3) is 0.500. The minimum Gasteiger partial charge on any atom is -0.258 e. The van der Waals surface area contributed by atoms with Gasteiger partial charge in [-0.3, -0.25) is 10.1 Å². The highest BCUT2D eigenvalue weighted by Crippen LogP contribution is 2.55. The number of hydrogen-bond acceptors (Lipinski definition) is 2. The van der Waals surface area contributed by atoms with Crippen LogP contribution in [0.15, 0.2) is 23.9 Å². The lowest BCUT2D eigenvalue weighted by Gasteiger charge is -2.18. The van der Waals surface area contributed by atoms with E-state index < -0.39 is 0 Å². The number of allylic oxidation sites excluding steroid dienone is 3. The molecular weight excluding hydrogens is 166 g/mol. The smallest absolute Gasteiger partial charge is 0.258 e. The van der Waals surface area contributed by atoms with Gasteiger partial charge in [0.05, 0.1) is 4.92 Å². The number of nitrogens with zero attached hydrogens (tertiary/aromatic N) is 1. The minimum absolute atomic E-state index is 0.230. The third-order valence-electron chi connectivity index (χ3n) is 2.97. The second-order valence-corrected chi connectivity index (χ2v) is 4.01. The Morgan fingerprint density at radius 2 is 2.15 bits per heavy atom. The number of hydrogen-bond donors (Lipinski definition) is 0. The molecule has 1 saturated carbocycles. The van der Waals surface area contributed by atoms with Crippen molar-refractivity contribution in [3.05, 3.63) is 40.0 Å². The van der Waals surface area contributed by atoms with E-state index in [2.05, 4.69) is 6.92 Å². The molecule has 3 heteroatoms. The molecule has 1 radical (unpaired) electrons. The van der Waals surface area contributed by atoms with Crippen molar-refractivity contribution >= 4 is 0 Å². The van der Waals surface area contributed by atoms with Gasteiger partial charge in [-0.1, -0.05) is 13.0 Å². The third-order valence-corrected chi connectivity index (χ3v) is 2.97. The molecule has 0 N–H and O–H groups in total. The van der Waals surface area contributed by atoms with Crippen molar-refractivity contribution in [1.82, 2.24) is 0 Å². The van der Waals surface area contributed by atoms with Crippen LogP contribution in [0.2, 0.25) is 0 Å². The Kier molecular flexibility index (Phi) is 1.75. The first kappa shape index (κ1) is 8.48. The van der Waals surface area contributed by atoms with Crippen LogP contribution in [-0.4, -0.2) is 4.92 Å². The van der Waals surface area contributed by atoms with E-state index in [9.17, 15) is 10.1 Å². The monoisotopic (exact) mass is 178 g/mol. The van der Waals surface area contributed by atoms with Gasteiger partial charge in [-0.2, -0.15) is 0 Å². The quantitative estimate of drug-likeness (QED) is 0.481. The predicted octanol–water partition coefficient (Wildman–Crippen LogP) is 2.48. The summed E-state index contributed by atoms with van der Waals surface area (Å²) in [6.07, 6.45) is 8.46. The van der Waals surface area contributed by atoms with Gasteiger partial charge in [0.15, 0.2) is 0 Å². The maximum Gasteiger partial charge on any atom is 0.265 e. The van der Waals surface area contributed by atoms with Crippen LogP contribution in [0.5, 0.6) is 0 Å². The van der Waals surface area contributed by atoms with Gasteiger partial charge in [0.25, 0.3) is 5.70 Å². The molecule has 0 aromatic carbocycles. The Balaban J connectivity index is 2.05. The summed E-state index contributed by atoms with van der Waals surface area (Å²) in [5, 5.41) is 10.4. The molecule has 13 heavy (non-hydrogen) atoms. The Bertz CT molecular complexity index is 300. The van der Waals surface area contributed by atoms with Crippen LogP contribution in [0.1, 0.15) is 26.2 Å². The van der Waals surface area contributed by atoms with Gasteiger partial charge in [0, 0.05) is 12.0 Å². The summed E-state index contributed by atoms with van der Waals surface area (Å²) < 4.78 is 0. The summed E-state index contributed by atoms with van der Waals surface area (Å²) in [6, 6.07) is 0. The lowest BCUT2D eigenvalue weighted by Crippen LogP contribution is -2.11. The summed E-state index contributed by atoms with van der Waals surface area (Å²) in [7, 11) is 0. The molecule has 1 fully saturated rings. The summed E-state index contributed by atoms with van der Waals surface area (Å²) in [5.41, 5.74) is 0.586. The van der Waals surface area contributed by atoms with Crippen molar-refractivity contribution in [2.24, 2.45) is 5.41 Å². The highest BCUT2D eigenvalue weighted by molar-refractivity contribution is 5.33. The van der Waals surface area contributed by atoms with Crippen molar-refractivity contribution in [2.75, 3.05) is 0 Å². The van der Waals surface area contributed by atoms with E-state index in [0.29, 0.717) is 5.41 Å². The van der Waals surface area contributed by atoms with Gasteiger partial charge in [-0.05, 0) is 30.8 Å². The summed E-state index contributed by atoms with van der Waals surface area (Å²) in [6.45, 7) is 2.22. The molecule has 3 nitrogen and oxygen atoms in total. The largest absolute Gasteiger partial charge is 0.265 e. The van der Waals surface area contributed by atoms with Crippen LogP contribution >= 0.6 is 0 Å². The summed E-state index contributed by atoms with van der Waals surface area (Å²) in [5.74, 6) is 1.35. The van der Waals surface area contributed by atoms with Crippen LogP contribution in [-0.2, 0) is 0 Å². The molecule has 2 aliphatic rings. The Labute approximate surface area is 77.3 Å². The first-order valence-corrected chi connectivity index (χ1v) is 4.51. The molecule has 0 saturated heterocycles. The Morgan fingerprint density at radius 3 is 2.54 bits per heavy atom. The first-order valence-electron chi connectivity index (χ1n) is 4.51. The molecule has 0 amide bonds. The van der Waals surface area contributed by atoms with Crippen molar-refractivity contribution in [2.45, 2.75) is 26.2 Å². The van der Waals surface area contributed by atoms with E-state index in [0.717, 1.165) is 6.42 Å². The van der Waals surface area contributed by atoms with Crippen molar-refractivity contribution in [1.29, 1.82) is 0 Å². The SMILES string of the molecule is CC1([C]2C=CC([N+](=O)[O-])=CC2)CC1. The van der Waals surface area contributed by atoms with E-state index in [-0.39, 0.29) is 10.6 Å². The van der Waals surface area contributed by atoms with Crippen molar-refractivity contribution in [3.8, 4) is 0 Å². The standard InChI is InChI=1S/C10H12NO2/c1-10(6-7-10)8-2-4-9(5-3-8)11(12)13/h2,4-5H,3,6-7H2,1H3. The van der Waals surface area contributed by atoms with E-state index in [1.165, 1.54) is 18.8 Å². The maximum absolute atomic E-state index is 10.4. The van der Waals surface area contributed by atoms with Gasteiger partial charge in [-0.15, -0.1) is 0 Å². The topological polar surface area (TPSA) is 43.1 Å². The van der Waals surface area contributed by atoms with Crippen LogP contribution < -0.4 is 0 Å². The molecule has 0 unspecified atom stereocenters. The first-order chi connectivity index (χ1) is 6.12. The summed E-state index contributed by atoms with van der Waals surface area (Å²) >= 11 is 0. The second kappa shape index (κ2) is 2.69. The van der Waals surface area contributed by atoms with Crippen LogP contribution in [0.3, 0.4) is 0 Å². The van der Waals surface area contributed by atoms with E-state index in [1.54, 1.807) is 12.2 Å². The Morgan fingerprint density at radius 1 is 1.46 bits per heavy atom. The highest BCUT2D eigenvalue weighted by atomic mass is 16.6. The lowest BCUT2D eigenvalue weighted by molar-refractivity contribution is -0.419. The van der Waals surface area contributed by atoms with Gasteiger partial charge < -0.3 is 0 Å². The second-order valence-electron chi connectivity index (χ2n) is 4.01. The molecule has 0 aromatic rings. The zero-order valence-corrected chi connectivity index (χ0v) is 7.62. The van der Waals surface area contributed by atoms with Crippen LogP contribution in [0.4, 0.5) is 0 Å². The van der Waals surface area contributed by atoms with Gasteiger partial charge in [-0.25, -0.2) is 0 Å². The van der Waals surface area contributed by atoms with Crippen LogP contribution in [0.25, 0.3) is 0 Å². The molecule has 69 valence electrons. The molecule has 0 aliphatic heterocycles. The van der Waals surface area contributed by atoms with E-state index in [1.807, 2.05) is 6.08 Å². The highest BCUT2D eigenvalue weighted by Gasteiger charge is 2.44. The minimum atomic E-state index is -0.331. The Hall–Kier alpha value is -1.12. The molecule has 0 atom stereocenters. The molecule has 0 spiro atoms. The number of nitro groups is 1. The average Bonchev–Trinajstić information content (AvgIpc) is 2.85. The third kappa shape index (κ3) is 1.50. The number of rotatable bonds is 2. The maximum atomic E-state index is 10.4. The van der Waals surface area contributed by atoms with Gasteiger partial charge >= 0.3 is 0 Å². The van der Waals surface area contributed by atoms with E-state index in [4.69, 9.17) is 0 Å². The lowest BCUT2D eigenvalue weighted by atomic mass is 9.85. The van der Waals surface area contributed by atoms with Crippen molar-refractivity contribution < 1.29 is 4.92 Å². The van der Waals surface area contributed by atoms with Gasteiger partial charge in [0.2, 0.25) is 0 Å². The molecule has 0 bridgehead atoms. The predicted molar refractivity (Wildman–Crippen MR) is 49.4 cm³/mol. The molecule has 0 heterocycles. The molecule has 2 aliphatic carbocycles. The molecular formula is C10H12NO2. The zero-order chi connectivity index (χ0) is 9.47. The zero-order valence-electron chi connectivity index (χ0n) is 7.62. The average molecular weight is 178 g/mol. The van der Waals surface area contributed by atoms with Gasteiger partial charge in [0.1, 0.15) is 0 Å². The molecule has 0 aromatic heterocycles. The van der Waals surface area contributed by atoms with Crippen molar-refractivity contribution in [3.63, 3.8) is 0 Å². The molecule has 2 rings (SSSR count). The normalized spacial score (nSPS) is 25.5. The van der Waals surface area contributed by atoms with Crippen LogP contribution in [0, 0.1) is 21.4 Å². The fourth-order valence-corrected chi connectivity index (χ4v) is 1.63. The fourth-order valence-electron chi connectivity index (χ4n) is 1.63.